The number of aromatic nitrogens is 1. The standard InChI is InChI=1S/C14H13N/c1-2-4-12-9-13-7-8-15-10-14(13)6-5-11(12)3-1/h1-4,7-8,10H,5-6,9H2. The van der Waals surface area contributed by atoms with Gasteiger partial charge >= 0.3 is 0 Å². The van der Waals surface area contributed by atoms with E-state index < -0.39 is 0 Å². The highest BCUT2D eigenvalue weighted by Gasteiger charge is 2.11. The minimum absolute atomic E-state index is 1.06. The van der Waals surface area contributed by atoms with E-state index in [2.05, 4.69) is 35.3 Å². The lowest BCUT2D eigenvalue weighted by atomic mass is 10.0. The second-order valence-electron chi connectivity index (χ2n) is 4.09. The maximum absolute atomic E-state index is 4.20. The molecule has 0 saturated carbocycles. The van der Waals surface area contributed by atoms with Gasteiger partial charge in [-0.3, -0.25) is 4.98 Å². The number of aryl methyl sites for hydroxylation is 2. The number of hydrogen-bond acceptors (Lipinski definition) is 1. The minimum Gasteiger partial charge on any atom is -0.264 e. The van der Waals surface area contributed by atoms with Crippen LogP contribution < -0.4 is 0 Å². The number of fused-ring (bicyclic) bond motifs is 2. The van der Waals surface area contributed by atoms with E-state index >= 15 is 0 Å². The average molecular weight is 195 g/mol. The van der Waals surface area contributed by atoms with Crippen LogP contribution in [0.4, 0.5) is 0 Å². The quantitative estimate of drug-likeness (QED) is 0.630. The Bertz CT molecular complexity index is 443. The Kier molecular flexibility index (Phi) is 2.02. The van der Waals surface area contributed by atoms with Crippen molar-refractivity contribution in [1.29, 1.82) is 0 Å². The maximum Gasteiger partial charge on any atom is 0.0302 e. The molecule has 1 heterocycles. The van der Waals surface area contributed by atoms with Crippen LogP contribution in [0.5, 0.6) is 0 Å². The molecule has 1 aromatic heterocycles. The van der Waals surface area contributed by atoms with Crippen LogP contribution in [0, 0.1) is 0 Å². The summed E-state index contributed by atoms with van der Waals surface area (Å²) >= 11 is 0. The van der Waals surface area contributed by atoms with Gasteiger partial charge in [-0.25, -0.2) is 0 Å². The number of hydrogen-bond donors (Lipinski definition) is 0. The molecule has 0 saturated heterocycles. The van der Waals surface area contributed by atoms with Crippen LogP contribution in [0.1, 0.15) is 22.3 Å². The van der Waals surface area contributed by atoms with Crippen LogP contribution in [0.25, 0.3) is 0 Å². The van der Waals surface area contributed by atoms with Crippen LogP contribution >= 0.6 is 0 Å². The zero-order valence-electron chi connectivity index (χ0n) is 8.61. The topological polar surface area (TPSA) is 12.9 Å². The summed E-state index contributed by atoms with van der Waals surface area (Å²) in [5, 5.41) is 0. The fourth-order valence-corrected chi connectivity index (χ4v) is 2.30. The van der Waals surface area contributed by atoms with E-state index in [0.717, 1.165) is 19.3 Å². The van der Waals surface area contributed by atoms with E-state index in [9.17, 15) is 0 Å². The van der Waals surface area contributed by atoms with Crippen molar-refractivity contribution in [3.63, 3.8) is 0 Å². The van der Waals surface area contributed by atoms with Gasteiger partial charge in [0.1, 0.15) is 0 Å². The van der Waals surface area contributed by atoms with Crippen molar-refractivity contribution >= 4 is 0 Å². The SMILES string of the molecule is c1ccc2c(c1)CCc1cnccc1C2. The third kappa shape index (κ3) is 1.54. The number of benzene rings is 1. The Hall–Kier alpha value is -1.63. The molecule has 0 bridgehead atoms. The normalized spacial score (nSPS) is 13.9. The van der Waals surface area contributed by atoms with E-state index in [1.54, 1.807) is 0 Å². The van der Waals surface area contributed by atoms with E-state index in [4.69, 9.17) is 0 Å². The predicted octanol–water partition coefficient (Wildman–Crippen LogP) is 2.77. The van der Waals surface area contributed by atoms with Crippen molar-refractivity contribution in [3.05, 3.63) is 65.0 Å². The third-order valence-electron chi connectivity index (χ3n) is 3.17. The first-order valence-corrected chi connectivity index (χ1v) is 5.42. The van der Waals surface area contributed by atoms with Crippen molar-refractivity contribution < 1.29 is 0 Å². The molecule has 1 nitrogen and oxygen atoms in total. The van der Waals surface area contributed by atoms with Gasteiger partial charge in [0.15, 0.2) is 0 Å². The van der Waals surface area contributed by atoms with Crippen molar-refractivity contribution in [2.24, 2.45) is 0 Å². The van der Waals surface area contributed by atoms with E-state index in [-0.39, 0.29) is 0 Å². The molecule has 1 aromatic carbocycles. The summed E-state index contributed by atoms with van der Waals surface area (Å²) in [6.07, 6.45) is 7.25. The Labute approximate surface area is 89.8 Å². The van der Waals surface area contributed by atoms with Gasteiger partial charge in [0.05, 0.1) is 0 Å². The molecule has 74 valence electrons. The zero-order valence-corrected chi connectivity index (χ0v) is 8.61. The highest BCUT2D eigenvalue weighted by molar-refractivity contribution is 5.38. The Morgan fingerprint density at radius 2 is 1.53 bits per heavy atom. The van der Waals surface area contributed by atoms with Crippen LogP contribution in [-0.2, 0) is 19.3 Å². The third-order valence-corrected chi connectivity index (χ3v) is 3.17. The van der Waals surface area contributed by atoms with Crippen LogP contribution in [-0.4, -0.2) is 4.98 Å². The summed E-state index contributed by atoms with van der Waals surface area (Å²) in [5.41, 5.74) is 5.82. The first kappa shape index (κ1) is 8.66. The molecule has 3 rings (SSSR count). The highest BCUT2D eigenvalue weighted by atomic mass is 14.6. The smallest absolute Gasteiger partial charge is 0.0302 e. The second-order valence-corrected chi connectivity index (χ2v) is 4.09. The molecule has 0 spiro atoms. The molecule has 0 unspecified atom stereocenters. The Balaban J connectivity index is 2.10. The molecule has 0 N–H and O–H groups in total. The molecule has 0 radical (unpaired) electrons. The number of pyridine rings is 1. The molecule has 15 heavy (non-hydrogen) atoms. The van der Waals surface area contributed by atoms with Crippen LogP contribution in [0.2, 0.25) is 0 Å². The average Bonchev–Trinajstić information content (AvgIpc) is 2.48. The summed E-state index contributed by atoms with van der Waals surface area (Å²) in [6, 6.07) is 10.9. The Morgan fingerprint density at radius 1 is 0.800 bits per heavy atom. The number of nitrogens with zero attached hydrogens (tertiary/aromatic N) is 1. The second kappa shape index (κ2) is 3.50. The maximum atomic E-state index is 4.20. The summed E-state index contributed by atoms with van der Waals surface area (Å²) in [5.74, 6) is 0. The van der Waals surface area contributed by atoms with Crippen LogP contribution in [0.3, 0.4) is 0 Å². The van der Waals surface area contributed by atoms with Gasteiger partial charge in [0.2, 0.25) is 0 Å². The molecule has 1 aliphatic rings. The van der Waals surface area contributed by atoms with Crippen molar-refractivity contribution in [2.45, 2.75) is 19.3 Å². The lowest BCUT2D eigenvalue weighted by Gasteiger charge is -2.04. The molecule has 0 fully saturated rings. The molecule has 1 heteroatoms. The summed E-state index contributed by atoms with van der Waals surface area (Å²) < 4.78 is 0. The molecule has 1 aliphatic carbocycles. The van der Waals surface area contributed by atoms with Crippen LogP contribution in [0.15, 0.2) is 42.7 Å². The summed E-state index contributed by atoms with van der Waals surface area (Å²) in [7, 11) is 0. The molecule has 0 atom stereocenters. The fourth-order valence-electron chi connectivity index (χ4n) is 2.30. The fraction of sp³-hybridized carbons (Fsp3) is 0.214. The summed E-state index contributed by atoms with van der Waals surface area (Å²) in [4.78, 5) is 4.20. The molecular formula is C14H13N. The monoisotopic (exact) mass is 195 g/mol. The van der Waals surface area contributed by atoms with Gasteiger partial charge in [0, 0.05) is 12.4 Å². The van der Waals surface area contributed by atoms with Gasteiger partial charge in [-0.1, -0.05) is 24.3 Å². The summed E-state index contributed by atoms with van der Waals surface area (Å²) in [6.45, 7) is 0. The molecular weight excluding hydrogens is 182 g/mol. The number of rotatable bonds is 0. The van der Waals surface area contributed by atoms with E-state index in [1.165, 1.54) is 22.3 Å². The largest absolute Gasteiger partial charge is 0.264 e. The lowest BCUT2D eigenvalue weighted by Crippen LogP contribution is -1.92. The molecule has 0 amide bonds. The zero-order chi connectivity index (χ0) is 10.1. The first-order chi connectivity index (χ1) is 7.43. The predicted molar refractivity (Wildman–Crippen MR) is 60.9 cm³/mol. The van der Waals surface area contributed by atoms with Gasteiger partial charge in [-0.2, -0.15) is 0 Å². The van der Waals surface area contributed by atoms with E-state index in [0.29, 0.717) is 0 Å². The van der Waals surface area contributed by atoms with Gasteiger partial charge in [-0.05, 0) is 47.6 Å². The highest BCUT2D eigenvalue weighted by Crippen LogP contribution is 2.23. The first-order valence-electron chi connectivity index (χ1n) is 5.42. The van der Waals surface area contributed by atoms with Gasteiger partial charge in [-0.15, -0.1) is 0 Å². The molecule has 0 aliphatic heterocycles. The van der Waals surface area contributed by atoms with E-state index in [1.807, 2.05) is 12.4 Å². The lowest BCUT2D eigenvalue weighted by molar-refractivity contribution is 0.954. The molecule has 2 aromatic rings. The van der Waals surface area contributed by atoms with Crippen molar-refractivity contribution in [1.82, 2.24) is 4.98 Å². The Morgan fingerprint density at radius 3 is 2.47 bits per heavy atom. The minimum atomic E-state index is 1.06. The van der Waals surface area contributed by atoms with Crippen molar-refractivity contribution in [2.75, 3.05) is 0 Å². The van der Waals surface area contributed by atoms with Gasteiger partial charge in [0.25, 0.3) is 0 Å². The van der Waals surface area contributed by atoms with Crippen molar-refractivity contribution in [3.8, 4) is 0 Å². The van der Waals surface area contributed by atoms with Gasteiger partial charge < -0.3 is 0 Å².